The molecule has 0 radical (unpaired) electrons. The van der Waals surface area contributed by atoms with Gasteiger partial charge in [0.2, 0.25) is 0 Å². The molecular weight excluding hydrogens is 166 g/mol. The van der Waals surface area contributed by atoms with E-state index in [4.69, 9.17) is 4.74 Å². The molecule has 0 aromatic heterocycles. The topological polar surface area (TPSA) is 29.5 Å². The summed E-state index contributed by atoms with van der Waals surface area (Å²) in [6.45, 7) is 8.59. The Kier molecular flexibility index (Phi) is 2.84. The van der Waals surface area contributed by atoms with Crippen molar-refractivity contribution in [1.82, 2.24) is 4.90 Å². The minimum absolute atomic E-state index is 0.169. The van der Waals surface area contributed by atoms with Gasteiger partial charge in [-0.25, -0.2) is 4.79 Å². The molecule has 1 aliphatic rings. The van der Waals surface area contributed by atoms with E-state index in [0.29, 0.717) is 6.04 Å². The van der Waals surface area contributed by atoms with Crippen LogP contribution in [0.3, 0.4) is 0 Å². The fraction of sp³-hybridized carbons (Fsp3) is 0.900. The Morgan fingerprint density at radius 1 is 1.46 bits per heavy atom. The molecule has 1 heterocycles. The first-order valence-corrected chi connectivity index (χ1v) is 4.90. The molecule has 0 N–H and O–H groups in total. The number of nitrogens with zero attached hydrogens (tertiary/aromatic N) is 1. The zero-order valence-electron chi connectivity index (χ0n) is 8.96. The van der Waals surface area contributed by atoms with Gasteiger partial charge in [-0.3, -0.25) is 0 Å². The first kappa shape index (κ1) is 10.4. The van der Waals surface area contributed by atoms with E-state index < -0.39 is 0 Å². The van der Waals surface area contributed by atoms with Crippen molar-refractivity contribution < 1.29 is 9.53 Å². The van der Waals surface area contributed by atoms with Crippen LogP contribution < -0.4 is 0 Å². The molecule has 0 unspecified atom stereocenters. The first-order valence-electron chi connectivity index (χ1n) is 4.90. The molecular formula is C10H19NO2. The molecule has 1 aliphatic heterocycles. The Bertz CT molecular complexity index is 196. The van der Waals surface area contributed by atoms with Gasteiger partial charge in [-0.1, -0.05) is 0 Å². The molecule has 3 nitrogen and oxygen atoms in total. The van der Waals surface area contributed by atoms with Crippen LogP contribution >= 0.6 is 0 Å². The lowest BCUT2D eigenvalue weighted by Gasteiger charge is -2.26. The van der Waals surface area contributed by atoms with Gasteiger partial charge in [0.1, 0.15) is 5.60 Å². The SMILES string of the molecule is C[C@@H]1CCCN1C(=O)OC(C)(C)C. The van der Waals surface area contributed by atoms with E-state index in [2.05, 4.69) is 6.92 Å². The van der Waals surface area contributed by atoms with Crippen molar-refractivity contribution in [1.29, 1.82) is 0 Å². The highest BCUT2D eigenvalue weighted by atomic mass is 16.6. The van der Waals surface area contributed by atoms with Crippen molar-refractivity contribution in [3.05, 3.63) is 0 Å². The predicted octanol–water partition coefficient (Wildman–Crippen LogP) is 2.41. The van der Waals surface area contributed by atoms with Gasteiger partial charge >= 0.3 is 6.09 Å². The zero-order chi connectivity index (χ0) is 10.1. The summed E-state index contributed by atoms with van der Waals surface area (Å²) in [4.78, 5) is 13.4. The van der Waals surface area contributed by atoms with Crippen molar-refractivity contribution in [2.45, 2.75) is 52.2 Å². The summed E-state index contributed by atoms with van der Waals surface area (Å²) in [5.41, 5.74) is -0.376. The number of hydrogen-bond acceptors (Lipinski definition) is 2. The highest BCUT2D eigenvalue weighted by molar-refractivity contribution is 5.68. The van der Waals surface area contributed by atoms with Crippen molar-refractivity contribution in [2.75, 3.05) is 6.54 Å². The normalized spacial score (nSPS) is 23.4. The van der Waals surface area contributed by atoms with Gasteiger partial charge in [0.25, 0.3) is 0 Å². The molecule has 76 valence electrons. The number of carbonyl (C=O) groups excluding carboxylic acids is 1. The molecule has 3 heteroatoms. The zero-order valence-corrected chi connectivity index (χ0v) is 8.96. The third kappa shape index (κ3) is 2.90. The lowest BCUT2D eigenvalue weighted by Crippen LogP contribution is -2.38. The molecule has 0 aliphatic carbocycles. The Labute approximate surface area is 80.1 Å². The van der Waals surface area contributed by atoms with Crippen LogP contribution in [0.1, 0.15) is 40.5 Å². The van der Waals surface area contributed by atoms with Crippen LogP contribution in [0.25, 0.3) is 0 Å². The predicted molar refractivity (Wildman–Crippen MR) is 51.6 cm³/mol. The van der Waals surface area contributed by atoms with E-state index in [-0.39, 0.29) is 11.7 Å². The molecule has 0 spiro atoms. The summed E-state index contributed by atoms with van der Waals surface area (Å²) in [5.74, 6) is 0. The Balaban J connectivity index is 2.48. The average Bonchev–Trinajstić information content (AvgIpc) is 2.30. The van der Waals surface area contributed by atoms with E-state index in [1.807, 2.05) is 25.7 Å². The molecule has 1 rings (SSSR count). The van der Waals surface area contributed by atoms with Gasteiger partial charge < -0.3 is 9.64 Å². The number of amides is 1. The summed E-state index contributed by atoms with van der Waals surface area (Å²) >= 11 is 0. The van der Waals surface area contributed by atoms with Gasteiger partial charge in [-0.05, 0) is 40.5 Å². The highest BCUT2D eigenvalue weighted by Crippen LogP contribution is 2.19. The molecule has 0 aromatic rings. The van der Waals surface area contributed by atoms with Crippen molar-refractivity contribution >= 4 is 6.09 Å². The van der Waals surface area contributed by atoms with Gasteiger partial charge in [0, 0.05) is 12.6 Å². The Morgan fingerprint density at radius 3 is 2.46 bits per heavy atom. The second-order valence-corrected chi connectivity index (χ2v) is 4.66. The molecule has 1 atom stereocenters. The fourth-order valence-corrected chi connectivity index (χ4v) is 1.53. The van der Waals surface area contributed by atoms with Crippen LogP contribution in [-0.4, -0.2) is 29.2 Å². The third-order valence-corrected chi connectivity index (χ3v) is 2.18. The lowest BCUT2D eigenvalue weighted by atomic mass is 10.2. The monoisotopic (exact) mass is 185 g/mol. The van der Waals surface area contributed by atoms with E-state index in [1.54, 1.807) is 0 Å². The van der Waals surface area contributed by atoms with Crippen LogP contribution in [0.4, 0.5) is 4.79 Å². The van der Waals surface area contributed by atoms with E-state index in [0.717, 1.165) is 19.4 Å². The third-order valence-electron chi connectivity index (χ3n) is 2.18. The summed E-state index contributed by atoms with van der Waals surface area (Å²) in [6, 6.07) is 0.342. The quantitative estimate of drug-likeness (QED) is 0.580. The van der Waals surface area contributed by atoms with E-state index in [1.165, 1.54) is 0 Å². The van der Waals surface area contributed by atoms with Gasteiger partial charge in [-0.15, -0.1) is 0 Å². The van der Waals surface area contributed by atoms with Crippen LogP contribution in [0.15, 0.2) is 0 Å². The smallest absolute Gasteiger partial charge is 0.410 e. The van der Waals surface area contributed by atoms with Crippen LogP contribution in [0, 0.1) is 0 Å². The van der Waals surface area contributed by atoms with Gasteiger partial charge in [0.15, 0.2) is 0 Å². The molecule has 13 heavy (non-hydrogen) atoms. The van der Waals surface area contributed by atoms with Crippen LogP contribution in [-0.2, 0) is 4.74 Å². The van der Waals surface area contributed by atoms with Crippen LogP contribution in [0.2, 0.25) is 0 Å². The number of ether oxygens (including phenoxy) is 1. The van der Waals surface area contributed by atoms with Crippen molar-refractivity contribution in [2.24, 2.45) is 0 Å². The summed E-state index contributed by atoms with van der Waals surface area (Å²) in [7, 11) is 0. The largest absolute Gasteiger partial charge is 0.444 e. The average molecular weight is 185 g/mol. The van der Waals surface area contributed by atoms with Gasteiger partial charge in [0.05, 0.1) is 0 Å². The molecule has 0 bridgehead atoms. The highest BCUT2D eigenvalue weighted by Gasteiger charge is 2.28. The Hall–Kier alpha value is -0.730. The summed E-state index contributed by atoms with van der Waals surface area (Å²) in [5, 5.41) is 0. The second kappa shape index (κ2) is 3.56. The number of carbonyl (C=O) groups is 1. The fourth-order valence-electron chi connectivity index (χ4n) is 1.53. The summed E-state index contributed by atoms with van der Waals surface area (Å²) < 4.78 is 5.28. The lowest BCUT2D eigenvalue weighted by molar-refractivity contribution is 0.0239. The van der Waals surface area contributed by atoms with E-state index >= 15 is 0 Å². The van der Waals surface area contributed by atoms with Crippen molar-refractivity contribution in [3.63, 3.8) is 0 Å². The number of likely N-dealkylation sites (tertiary alicyclic amines) is 1. The Morgan fingerprint density at radius 2 is 2.08 bits per heavy atom. The second-order valence-electron chi connectivity index (χ2n) is 4.66. The minimum Gasteiger partial charge on any atom is -0.444 e. The first-order chi connectivity index (χ1) is 5.90. The minimum atomic E-state index is -0.376. The van der Waals surface area contributed by atoms with Crippen molar-refractivity contribution in [3.8, 4) is 0 Å². The van der Waals surface area contributed by atoms with E-state index in [9.17, 15) is 4.79 Å². The van der Waals surface area contributed by atoms with Crippen LogP contribution in [0.5, 0.6) is 0 Å². The number of hydrogen-bond donors (Lipinski definition) is 0. The number of rotatable bonds is 0. The molecule has 0 aromatic carbocycles. The molecule has 0 saturated carbocycles. The maximum Gasteiger partial charge on any atom is 0.410 e. The standard InChI is InChI=1S/C10H19NO2/c1-8-6-5-7-11(8)9(12)13-10(2,3)4/h8H,5-7H2,1-4H3/t8-/m1/s1. The summed E-state index contributed by atoms with van der Waals surface area (Å²) in [6.07, 6.45) is 2.03. The van der Waals surface area contributed by atoms with Gasteiger partial charge in [-0.2, -0.15) is 0 Å². The molecule has 1 fully saturated rings. The maximum atomic E-state index is 11.6. The molecule has 1 saturated heterocycles. The maximum absolute atomic E-state index is 11.6. The molecule has 1 amide bonds.